The van der Waals surface area contributed by atoms with Gasteiger partial charge in [0.05, 0.1) is 0 Å². The molecule has 1 saturated carbocycles. The van der Waals surface area contributed by atoms with Gasteiger partial charge in [-0.1, -0.05) is 29.0 Å². The number of alkyl halides is 1. The first-order valence-corrected chi connectivity index (χ1v) is 6.95. The second-order valence-electron chi connectivity index (χ2n) is 4.64. The molecule has 0 aromatic carbocycles. The van der Waals surface area contributed by atoms with Crippen LogP contribution in [0.15, 0.2) is 0 Å². The molecule has 2 heteroatoms. The van der Waals surface area contributed by atoms with Gasteiger partial charge in [-0.3, -0.25) is 0 Å². The fraction of sp³-hybridized carbons (Fsp3) is 1.00. The first kappa shape index (κ1) is 10.2. The van der Waals surface area contributed by atoms with Crippen LogP contribution in [0.2, 0.25) is 0 Å². The van der Waals surface area contributed by atoms with Gasteiger partial charge in [0.1, 0.15) is 0 Å². The molecule has 0 aromatic rings. The maximum Gasteiger partial charge on any atom is 0.0113 e. The minimum Gasteiger partial charge on any atom is -0.303 e. The number of likely N-dealkylation sites (tertiary alicyclic amines) is 1. The molecule has 2 unspecified atom stereocenters. The third-order valence-electron chi connectivity index (χ3n) is 3.43. The van der Waals surface area contributed by atoms with Crippen LogP contribution < -0.4 is 0 Å². The SMILES string of the molecule is IC1CCCC(CN2CCCC2)C1. The highest BCUT2D eigenvalue weighted by molar-refractivity contribution is 14.1. The van der Waals surface area contributed by atoms with Crippen molar-refractivity contribution in [3.05, 3.63) is 0 Å². The molecule has 0 aromatic heterocycles. The van der Waals surface area contributed by atoms with E-state index in [-0.39, 0.29) is 0 Å². The summed E-state index contributed by atoms with van der Waals surface area (Å²) in [6.45, 7) is 4.16. The van der Waals surface area contributed by atoms with Crippen molar-refractivity contribution >= 4 is 22.6 Å². The Labute approximate surface area is 95.4 Å². The van der Waals surface area contributed by atoms with Crippen molar-refractivity contribution < 1.29 is 0 Å². The van der Waals surface area contributed by atoms with Crippen molar-refractivity contribution in [3.8, 4) is 0 Å². The Hall–Kier alpha value is 0.690. The zero-order valence-corrected chi connectivity index (χ0v) is 10.5. The number of rotatable bonds is 2. The molecule has 1 nitrogen and oxygen atoms in total. The average Bonchev–Trinajstić information content (AvgIpc) is 2.57. The minimum atomic E-state index is 0.971. The lowest BCUT2D eigenvalue weighted by molar-refractivity contribution is 0.239. The Morgan fingerprint density at radius 1 is 1.08 bits per heavy atom. The predicted octanol–water partition coefficient (Wildman–Crippen LogP) is 3.08. The number of halogens is 1. The third-order valence-corrected chi connectivity index (χ3v) is 4.57. The highest BCUT2D eigenvalue weighted by atomic mass is 127. The molecule has 76 valence electrons. The lowest BCUT2D eigenvalue weighted by atomic mass is 9.89. The summed E-state index contributed by atoms with van der Waals surface area (Å²) in [4.78, 5) is 2.68. The topological polar surface area (TPSA) is 3.24 Å². The summed E-state index contributed by atoms with van der Waals surface area (Å²) in [7, 11) is 0. The molecular formula is C11H20IN. The highest BCUT2D eigenvalue weighted by Crippen LogP contribution is 2.30. The van der Waals surface area contributed by atoms with Crippen molar-refractivity contribution in [2.75, 3.05) is 19.6 Å². The van der Waals surface area contributed by atoms with Gasteiger partial charge in [-0.15, -0.1) is 0 Å². The third kappa shape index (κ3) is 3.08. The number of hydrogen-bond donors (Lipinski definition) is 0. The molecule has 0 bridgehead atoms. The van der Waals surface area contributed by atoms with E-state index < -0.39 is 0 Å². The van der Waals surface area contributed by atoms with Crippen LogP contribution >= 0.6 is 22.6 Å². The van der Waals surface area contributed by atoms with E-state index in [9.17, 15) is 0 Å². The lowest BCUT2D eigenvalue weighted by Gasteiger charge is -2.29. The molecule has 13 heavy (non-hydrogen) atoms. The first-order chi connectivity index (χ1) is 6.34. The molecule has 1 aliphatic heterocycles. The second kappa shape index (κ2) is 4.96. The summed E-state index contributed by atoms with van der Waals surface area (Å²) in [5.74, 6) is 1.02. The molecule has 1 aliphatic carbocycles. The van der Waals surface area contributed by atoms with E-state index in [1.54, 1.807) is 0 Å². The van der Waals surface area contributed by atoms with E-state index in [0.717, 1.165) is 9.84 Å². The molecule has 0 N–H and O–H groups in total. The average molecular weight is 293 g/mol. The monoisotopic (exact) mass is 293 g/mol. The Morgan fingerprint density at radius 2 is 1.85 bits per heavy atom. The molecule has 2 aliphatic rings. The van der Waals surface area contributed by atoms with E-state index in [0.29, 0.717) is 0 Å². The summed E-state index contributed by atoms with van der Waals surface area (Å²) in [6.07, 6.45) is 8.82. The van der Waals surface area contributed by atoms with E-state index in [4.69, 9.17) is 0 Å². The van der Waals surface area contributed by atoms with E-state index >= 15 is 0 Å². The maximum atomic E-state index is 2.68. The van der Waals surface area contributed by atoms with Gasteiger partial charge in [-0.2, -0.15) is 0 Å². The molecule has 1 heterocycles. The summed E-state index contributed by atoms with van der Waals surface area (Å²) < 4.78 is 0.971. The molecular weight excluding hydrogens is 273 g/mol. The van der Waals surface area contributed by atoms with Crippen LogP contribution in [-0.2, 0) is 0 Å². The van der Waals surface area contributed by atoms with Gasteiger partial charge in [0.25, 0.3) is 0 Å². The van der Waals surface area contributed by atoms with Gasteiger partial charge in [0.15, 0.2) is 0 Å². The van der Waals surface area contributed by atoms with Gasteiger partial charge >= 0.3 is 0 Å². The van der Waals surface area contributed by atoms with Gasteiger partial charge in [-0.05, 0) is 51.1 Å². The van der Waals surface area contributed by atoms with Gasteiger partial charge < -0.3 is 4.90 Å². The van der Waals surface area contributed by atoms with Crippen LogP contribution in [0, 0.1) is 5.92 Å². The zero-order valence-electron chi connectivity index (χ0n) is 8.34. The fourth-order valence-corrected chi connectivity index (χ4v) is 3.88. The Morgan fingerprint density at radius 3 is 2.54 bits per heavy atom. The summed E-state index contributed by atoms with van der Waals surface area (Å²) in [5.41, 5.74) is 0. The molecule has 0 amide bonds. The smallest absolute Gasteiger partial charge is 0.0113 e. The van der Waals surface area contributed by atoms with Crippen molar-refractivity contribution in [3.63, 3.8) is 0 Å². The molecule has 2 rings (SSSR count). The van der Waals surface area contributed by atoms with Crippen LogP contribution in [0.5, 0.6) is 0 Å². The normalized spacial score (nSPS) is 36.7. The second-order valence-corrected chi connectivity index (χ2v) is 6.40. The van der Waals surface area contributed by atoms with Gasteiger partial charge in [-0.25, -0.2) is 0 Å². The van der Waals surface area contributed by atoms with Crippen molar-refractivity contribution in [2.24, 2.45) is 5.92 Å². The predicted molar refractivity (Wildman–Crippen MR) is 65.4 cm³/mol. The van der Waals surface area contributed by atoms with Crippen molar-refractivity contribution in [1.82, 2.24) is 4.90 Å². The number of nitrogens with zero attached hydrogens (tertiary/aromatic N) is 1. The Bertz CT molecular complexity index is 154. The quantitative estimate of drug-likeness (QED) is 0.558. The largest absolute Gasteiger partial charge is 0.303 e. The van der Waals surface area contributed by atoms with Gasteiger partial charge in [0.2, 0.25) is 0 Å². The lowest BCUT2D eigenvalue weighted by Crippen LogP contribution is -2.29. The van der Waals surface area contributed by atoms with Crippen LogP contribution in [0.25, 0.3) is 0 Å². The van der Waals surface area contributed by atoms with Crippen LogP contribution in [-0.4, -0.2) is 28.5 Å². The fourth-order valence-electron chi connectivity index (χ4n) is 2.72. The summed E-state index contributed by atoms with van der Waals surface area (Å²) in [6, 6.07) is 0. The summed E-state index contributed by atoms with van der Waals surface area (Å²) >= 11 is 2.64. The standard InChI is InChI=1S/C11H20IN/c12-11-5-3-4-10(8-11)9-13-6-1-2-7-13/h10-11H,1-9H2. The Balaban J connectivity index is 1.73. The highest BCUT2D eigenvalue weighted by Gasteiger charge is 2.23. The minimum absolute atomic E-state index is 0.971. The molecule has 1 saturated heterocycles. The zero-order chi connectivity index (χ0) is 9.10. The van der Waals surface area contributed by atoms with Crippen molar-refractivity contribution in [2.45, 2.75) is 42.4 Å². The first-order valence-electron chi connectivity index (χ1n) is 5.71. The molecule has 0 radical (unpaired) electrons. The van der Waals surface area contributed by atoms with E-state index in [1.165, 1.54) is 58.2 Å². The molecule has 2 fully saturated rings. The summed E-state index contributed by atoms with van der Waals surface area (Å²) in [5, 5.41) is 0. The van der Waals surface area contributed by atoms with E-state index in [1.807, 2.05) is 0 Å². The van der Waals surface area contributed by atoms with Crippen LogP contribution in [0.1, 0.15) is 38.5 Å². The van der Waals surface area contributed by atoms with Crippen molar-refractivity contribution in [1.29, 1.82) is 0 Å². The maximum absolute atomic E-state index is 2.68. The Kier molecular flexibility index (Phi) is 3.90. The van der Waals surface area contributed by atoms with Gasteiger partial charge in [0, 0.05) is 10.5 Å². The van der Waals surface area contributed by atoms with Crippen LogP contribution in [0.4, 0.5) is 0 Å². The van der Waals surface area contributed by atoms with Crippen LogP contribution in [0.3, 0.4) is 0 Å². The molecule has 0 spiro atoms. The molecule has 2 atom stereocenters. The van der Waals surface area contributed by atoms with E-state index in [2.05, 4.69) is 27.5 Å². The number of hydrogen-bond acceptors (Lipinski definition) is 1.